The highest BCUT2D eigenvalue weighted by Gasteiger charge is 2.51. The first-order valence-corrected chi connectivity index (χ1v) is 26.4. The van der Waals surface area contributed by atoms with Crippen molar-refractivity contribution in [3.63, 3.8) is 0 Å². The number of hydrogen-bond donors (Lipinski definition) is 3. The van der Waals surface area contributed by atoms with Gasteiger partial charge in [0.25, 0.3) is 10.1 Å². The van der Waals surface area contributed by atoms with E-state index in [4.69, 9.17) is 10.2 Å². The van der Waals surface area contributed by atoms with Crippen LogP contribution < -0.4 is 0 Å². The number of hydrogen-bond acceptors (Lipinski definition) is 4. The molecule has 7 nitrogen and oxygen atoms in total. The second-order valence-electron chi connectivity index (χ2n) is 16.0. The highest BCUT2D eigenvalue weighted by atomic mass is 32.2. The molecule has 3 N–H and O–H groups in total. The maximum atomic E-state index is 11.5. The summed E-state index contributed by atoms with van der Waals surface area (Å²) in [6.45, 7) is 6.75. The molecule has 0 amide bonds. The van der Waals surface area contributed by atoms with Crippen molar-refractivity contribution in [3.05, 3.63) is 0 Å². The Morgan fingerprint density at radius 2 is 0.636 bits per heavy atom. The van der Waals surface area contributed by atoms with Gasteiger partial charge in [-0.3, -0.25) is 14.1 Å². The molecule has 0 bridgehead atoms. The van der Waals surface area contributed by atoms with Crippen LogP contribution >= 0.6 is 18.5 Å². The summed E-state index contributed by atoms with van der Waals surface area (Å²) in [6.07, 6.45) is 47.1. The van der Waals surface area contributed by atoms with Crippen LogP contribution in [0.3, 0.4) is 0 Å². The van der Waals surface area contributed by atoms with Crippen molar-refractivity contribution in [2.75, 3.05) is 12.3 Å². The lowest BCUT2D eigenvalue weighted by Crippen LogP contribution is -2.48. The van der Waals surface area contributed by atoms with Gasteiger partial charge in [-0.2, -0.15) is 8.42 Å². The summed E-state index contributed by atoms with van der Waals surface area (Å²) in [5.41, 5.74) is 0. The zero-order valence-electron chi connectivity index (χ0n) is 36.6. The number of carbonyl (C=O) groups is 2. The lowest BCUT2D eigenvalue weighted by molar-refractivity contribution is -0.147. The minimum Gasteiger partial charge on any atom is -0.481 e. The molecular weight excluding hydrogens is 747 g/mol. The molecule has 0 aliphatic carbocycles. The van der Waals surface area contributed by atoms with Gasteiger partial charge in [-0.1, -0.05) is 233 Å². The predicted octanol–water partition coefficient (Wildman–Crippen LogP) is 15.0. The minimum atomic E-state index is -5.01. The first-order chi connectivity index (χ1) is 26.5. The summed E-state index contributed by atoms with van der Waals surface area (Å²) in [5.74, 6) is -3.38. The molecule has 0 rings (SSSR count). The molecule has 0 heterocycles. The van der Waals surface area contributed by atoms with Crippen LogP contribution in [0.25, 0.3) is 0 Å². The molecule has 332 valence electrons. The van der Waals surface area contributed by atoms with Crippen molar-refractivity contribution in [3.8, 4) is 0 Å². The second-order valence-corrected chi connectivity index (χ2v) is 18.9. The Morgan fingerprint density at radius 1 is 0.418 bits per heavy atom. The van der Waals surface area contributed by atoms with Gasteiger partial charge in [0, 0.05) is 0 Å². The summed E-state index contributed by atoms with van der Waals surface area (Å²) < 4.78 is 29.5. The molecule has 0 aromatic heterocycles. The average Bonchev–Trinajstić information content (AvgIpc) is 3.14. The summed E-state index contributed by atoms with van der Waals surface area (Å²) in [4.78, 5) is 22.1. The van der Waals surface area contributed by atoms with Crippen molar-refractivity contribution in [2.45, 2.75) is 263 Å². The SMILES string of the molecule is CCCCCCCCCCCCCC(CC(=O)O)(C(=O)O)S(=O)(=O)O.CCCCCCCCCCCCCCP.CCCCCCCCCCCCCCP. The molecule has 0 aliphatic rings. The fraction of sp³-hybridized carbons (Fsp3) is 0.956. The zero-order chi connectivity index (χ0) is 41.7. The molecule has 0 aromatic rings. The van der Waals surface area contributed by atoms with Gasteiger partial charge in [-0.05, 0) is 31.6 Å². The Bertz CT molecular complexity index is 854. The van der Waals surface area contributed by atoms with E-state index in [1.165, 1.54) is 199 Å². The van der Waals surface area contributed by atoms with Crippen molar-refractivity contribution < 1.29 is 32.8 Å². The zero-order valence-corrected chi connectivity index (χ0v) is 39.7. The van der Waals surface area contributed by atoms with Crippen LogP contribution in [-0.2, 0) is 19.7 Å². The molecule has 3 atom stereocenters. The van der Waals surface area contributed by atoms with E-state index >= 15 is 0 Å². The molecule has 0 saturated carbocycles. The van der Waals surface area contributed by atoms with Gasteiger partial charge < -0.3 is 10.2 Å². The van der Waals surface area contributed by atoms with E-state index in [1.54, 1.807) is 0 Å². The quantitative estimate of drug-likeness (QED) is 0.0318. The fourth-order valence-electron chi connectivity index (χ4n) is 6.89. The number of carboxylic acids is 2. The Kier molecular flexibility index (Phi) is 49.8. The molecule has 0 spiro atoms. The summed E-state index contributed by atoms with van der Waals surface area (Å²) in [7, 11) is 0.616. The molecule has 0 radical (unpaired) electrons. The van der Waals surface area contributed by atoms with E-state index in [2.05, 4.69) is 39.3 Å². The first-order valence-electron chi connectivity index (χ1n) is 23.3. The van der Waals surface area contributed by atoms with E-state index < -0.39 is 39.6 Å². The van der Waals surface area contributed by atoms with E-state index in [0.717, 1.165) is 25.7 Å². The number of rotatable bonds is 40. The summed E-state index contributed by atoms with van der Waals surface area (Å²) in [6, 6.07) is 0. The lowest BCUT2D eigenvalue weighted by atomic mass is 9.96. The van der Waals surface area contributed by atoms with Gasteiger partial charge in [-0.15, -0.1) is 18.5 Å². The number of aliphatic carboxylic acids is 2. The van der Waals surface area contributed by atoms with Gasteiger partial charge in [-0.25, -0.2) is 0 Å². The van der Waals surface area contributed by atoms with Gasteiger partial charge in [0.2, 0.25) is 4.75 Å². The van der Waals surface area contributed by atoms with Crippen molar-refractivity contribution in [2.24, 2.45) is 0 Å². The van der Waals surface area contributed by atoms with Gasteiger partial charge >= 0.3 is 11.9 Å². The Morgan fingerprint density at radius 3 is 0.818 bits per heavy atom. The van der Waals surface area contributed by atoms with Gasteiger partial charge in [0.1, 0.15) is 0 Å². The first kappa shape index (κ1) is 59.0. The van der Waals surface area contributed by atoms with Crippen LogP contribution in [0.4, 0.5) is 0 Å². The molecule has 55 heavy (non-hydrogen) atoms. The highest BCUT2D eigenvalue weighted by molar-refractivity contribution is 7.88. The van der Waals surface area contributed by atoms with Gasteiger partial charge in [0.15, 0.2) is 0 Å². The lowest BCUT2D eigenvalue weighted by Gasteiger charge is -2.24. The van der Waals surface area contributed by atoms with Crippen molar-refractivity contribution in [1.29, 1.82) is 0 Å². The molecule has 10 heteroatoms. The smallest absolute Gasteiger partial charge is 0.328 e. The summed E-state index contributed by atoms with van der Waals surface area (Å²) >= 11 is 0. The molecule has 0 aromatic carbocycles. The predicted molar refractivity (Wildman–Crippen MR) is 247 cm³/mol. The van der Waals surface area contributed by atoms with Crippen LogP contribution in [0.15, 0.2) is 0 Å². The normalized spacial score (nSPS) is 12.3. The molecule has 0 saturated heterocycles. The van der Waals surface area contributed by atoms with E-state index in [1.807, 2.05) is 0 Å². The standard InChI is InChI=1S/C17H32O7S.2C14H31P/c1-2-3-4-5-6-7-8-9-10-11-12-13-17(16(20)21,14-15(18)19)25(22,23)24;2*1-2-3-4-5-6-7-8-9-10-11-12-13-14-15/h2-14H2,1H3,(H,18,19)(H,20,21)(H,22,23,24);2*2-15H2,1H3. The Hall–Kier alpha value is -0.290. The average molecular weight is 841 g/mol. The van der Waals surface area contributed by atoms with Gasteiger partial charge in [0.05, 0.1) is 6.42 Å². The molecule has 0 fully saturated rings. The van der Waals surface area contributed by atoms with E-state index in [-0.39, 0.29) is 6.42 Å². The van der Waals surface area contributed by atoms with Crippen LogP contribution in [-0.4, -0.2) is 52.2 Å². The van der Waals surface area contributed by atoms with Crippen molar-refractivity contribution >= 4 is 40.5 Å². The van der Waals surface area contributed by atoms with E-state index in [0.29, 0.717) is 6.42 Å². The van der Waals surface area contributed by atoms with Crippen LogP contribution in [0, 0.1) is 0 Å². The third-order valence-electron chi connectivity index (χ3n) is 10.6. The number of carboxylic acid groups (broad SMARTS) is 2. The van der Waals surface area contributed by atoms with Crippen LogP contribution in [0.5, 0.6) is 0 Å². The third kappa shape index (κ3) is 43.1. The third-order valence-corrected chi connectivity index (χ3v) is 12.9. The fourth-order valence-corrected chi connectivity index (χ4v) is 8.40. The molecular formula is C45H94O7P2S. The molecule has 0 aliphatic heterocycles. The van der Waals surface area contributed by atoms with E-state index in [9.17, 15) is 22.6 Å². The molecule has 3 unspecified atom stereocenters. The Balaban J connectivity index is -0.000000780. The maximum absolute atomic E-state index is 11.5. The minimum absolute atomic E-state index is 0.246. The highest BCUT2D eigenvalue weighted by Crippen LogP contribution is 2.29. The summed E-state index contributed by atoms with van der Waals surface area (Å²) in [5, 5.41) is 18.0. The largest absolute Gasteiger partial charge is 0.481 e. The maximum Gasteiger partial charge on any atom is 0.328 e. The van der Waals surface area contributed by atoms with Crippen LogP contribution in [0.1, 0.15) is 258 Å². The van der Waals surface area contributed by atoms with Crippen LogP contribution in [0.2, 0.25) is 0 Å². The number of unbranched alkanes of at least 4 members (excludes halogenated alkanes) is 32. The topological polar surface area (TPSA) is 129 Å². The van der Waals surface area contributed by atoms with Crippen molar-refractivity contribution in [1.82, 2.24) is 0 Å². The second kappa shape index (κ2) is 46.4. The monoisotopic (exact) mass is 841 g/mol. The Labute approximate surface area is 347 Å².